The van der Waals surface area contributed by atoms with E-state index in [1.807, 2.05) is 12.1 Å². The van der Waals surface area contributed by atoms with Gasteiger partial charge in [0.15, 0.2) is 0 Å². The molecule has 0 aliphatic rings. The van der Waals surface area contributed by atoms with E-state index in [-0.39, 0.29) is 6.04 Å². The highest BCUT2D eigenvalue weighted by Crippen LogP contribution is 2.26. The Bertz CT molecular complexity index is 449. The molecule has 1 atom stereocenters. The van der Waals surface area contributed by atoms with Crippen molar-refractivity contribution in [1.82, 2.24) is 0 Å². The second kappa shape index (κ2) is 3.90. The van der Waals surface area contributed by atoms with Crippen molar-refractivity contribution in [2.24, 2.45) is 5.73 Å². The molecule has 2 aromatic rings. The van der Waals surface area contributed by atoms with E-state index in [9.17, 15) is 4.79 Å². The molecule has 0 saturated carbocycles. The molecule has 2 nitrogen and oxygen atoms in total. The summed E-state index contributed by atoms with van der Waals surface area (Å²) >= 11 is 1.67. The quantitative estimate of drug-likeness (QED) is 0.778. The van der Waals surface area contributed by atoms with Crippen molar-refractivity contribution >= 4 is 28.4 Å². The SMILES string of the molecule is N[C@@H](C=O)Cc1scc2ccccc12. The Kier molecular flexibility index (Phi) is 2.61. The molecule has 14 heavy (non-hydrogen) atoms. The van der Waals surface area contributed by atoms with E-state index in [0.717, 1.165) is 6.29 Å². The topological polar surface area (TPSA) is 43.1 Å². The zero-order chi connectivity index (χ0) is 9.97. The van der Waals surface area contributed by atoms with Crippen molar-refractivity contribution in [3.63, 3.8) is 0 Å². The van der Waals surface area contributed by atoms with Crippen molar-refractivity contribution < 1.29 is 4.79 Å². The average Bonchev–Trinajstić information content (AvgIpc) is 2.62. The molecule has 0 aliphatic heterocycles. The van der Waals surface area contributed by atoms with Crippen molar-refractivity contribution in [3.05, 3.63) is 34.5 Å². The van der Waals surface area contributed by atoms with E-state index >= 15 is 0 Å². The number of carbonyl (C=O) groups is 1. The number of thiophene rings is 1. The number of rotatable bonds is 3. The maximum atomic E-state index is 10.4. The number of fused-ring (bicyclic) bond motifs is 1. The van der Waals surface area contributed by atoms with E-state index in [1.54, 1.807) is 11.3 Å². The van der Waals surface area contributed by atoms with Crippen LogP contribution in [0.3, 0.4) is 0 Å². The summed E-state index contributed by atoms with van der Waals surface area (Å²) < 4.78 is 0. The lowest BCUT2D eigenvalue weighted by atomic mass is 10.1. The molecule has 0 radical (unpaired) electrons. The lowest BCUT2D eigenvalue weighted by Gasteiger charge is -2.01. The van der Waals surface area contributed by atoms with Gasteiger partial charge in [-0.05, 0) is 16.2 Å². The highest BCUT2D eigenvalue weighted by molar-refractivity contribution is 7.11. The summed E-state index contributed by atoms with van der Waals surface area (Å²) in [5.41, 5.74) is 5.59. The van der Waals surface area contributed by atoms with E-state index in [0.29, 0.717) is 6.42 Å². The summed E-state index contributed by atoms with van der Waals surface area (Å²) in [4.78, 5) is 11.6. The minimum absolute atomic E-state index is 0.378. The van der Waals surface area contributed by atoms with Crippen LogP contribution in [0, 0.1) is 0 Å². The van der Waals surface area contributed by atoms with Crippen LogP contribution < -0.4 is 5.73 Å². The first-order valence-corrected chi connectivity index (χ1v) is 5.35. The first-order valence-electron chi connectivity index (χ1n) is 4.47. The summed E-state index contributed by atoms with van der Waals surface area (Å²) in [5.74, 6) is 0. The Labute approximate surface area is 86.3 Å². The highest BCUT2D eigenvalue weighted by atomic mass is 32.1. The van der Waals surface area contributed by atoms with Gasteiger partial charge in [-0.1, -0.05) is 24.3 Å². The van der Waals surface area contributed by atoms with Crippen LogP contribution in [-0.4, -0.2) is 12.3 Å². The predicted molar refractivity (Wildman–Crippen MR) is 59.6 cm³/mol. The molecule has 0 bridgehead atoms. The standard InChI is InChI=1S/C11H11NOS/c12-9(6-13)5-11-10-4-2-1-3-8(10)7-14-11/h1-4,6-7,9H,5,12H2/t9-/m1/s1. The highest BCUT2D eigenvalue weighted by Gasteiger charge is 2.07. The van der Waals surface area contributed by atoms with Crippen LogP contribution in [0.15, 0.2) is 29.6 Å². The van der Waals surface area contributed by atoms with Gasteiger partial charge in [-0.25, -0.2) is 0 Å². The molecule has 2 N–H and O–H groups in total. The minimum atomic E-state index is -0.378. The van der Waals surface area contributed by atoms with Crippen LogP contribution >= 0.6 is 11.3 Å². The second-order valence-corrected chi connectivity index (χ2v) is 4.21. The van der Waals surface area contributed by atoms with Gasteiger partial charge in [-0.2, -0.15) is 0 Å². The molecule has 1 heterocycles. The summed E-state index contributed by atoms with van der Waals surface area (Å²) in [6.07, 6.45) is 1.44. The van der Waals surface area contributed by atoms with E-state index < -0.39 is 0 Å². The Morgan fingerprint density at radius 3 is 3.00 bits per heavy atom. The minimum Gasteiger partial charge on any atom is -0.321 e. The van der Waals surface area contributed by atoms with Crippen LogP contribution in [-0.2, 0) is 11.2 Å². The average molecular weight is 205 g/mol. The van der Waals surface area contributed by atoms with Gasteiger partial charge in [0.1, 0.15) is 6.29 Å². The molecule has 2 rings (SSSR count). The fourth-order valence-corrected chi connectivity index (χ4v) is 2.55. The lowest BCUT2D eigenvalue weighted by Crippen LogP contribution is -2.23. The third-order valence-electron chi connectivity index (χ3n) is 2.19. The molecule has 72 valence electrons. The summed E-state index contributed by atoms with van der Waals surface area (Å²) in [6, 6.07) is 7.78. The van der Waals surface area contributed by atoms with Crippen LogP contribution in [0.2, 0.25) is 0 Å². The van der Waals surface area contributed by atoms with Gasteiger partial charge in [0.2, 0.25) is 0 Å². The summed E-state index contributed by atoms with van der Waals surface area (Å²) in [6.45, 7) is 0. The zero-order valence-corrected chi connectivity index (χ0v) is 8.46. The Morgan fingerprint density at radius 2 is 2.21 bits per heavy atom. The fourth-order valence-electron chi connectivity index (χ4n) is 1.47. The molecule has 0 aliphatic carbocycles. The maximum Gasteiger partial charge on any atom is 0.137 e. The third kappa shape index (κ3) is 1.69. The fraction of sp³-hybridized carbons (Fsp3) is 0.182. The normalized spacial score (nSPS) is 12.9. The van der Waals surface area contributed by atoms with E-state index in [4.69, 9.17) is 5.73 Å². The molecular weight excluding hydrogens is 194 g/mol. The summed E-state index contributed by atoms with van der Waals surface area (Å²) in [7, 11) is 0. The van der Waals surface area contributed by atoms with Crippen LogP contribution in [0.25, 0.3) is 10.8 Å². The Morgan fingerprint density at radius 1 is 1.43 bits per heavy atom. The van der Waals surface area contributed by atoms with Crippen LogP contribution in [0.4, 0.5) is 0 Å². The van der Waals surface area contributed by atoms with E-state index in [1.165, 1.54) is 15.6 Å². The van der Waals surface area contributed by atoms with Crippen LogP contribution in [0.5, 0.6) is 0 Å². The second-order valence-electron chi connectivity index (χ2n) is 3.25. The molecule has 0 unspecified atom stereocenters. The van der Waals surface area contributed by atoms with Gasteiger partial charge in [0.05, 0.1) is 6.04 Å². The zero-order valence-electron chi connectivity index (χ0n) is 7.64. The number of aldehydes is 1. The molecule has 0 saturated heterocycles. The Balaban J connectivity index is 2.38. The number of benzene rings is 1. The van der Waals surface area contributed by atoms with Crippen molar-refractivity contribution in [1.29, 1.82) is 0 Å². The molecule has 0 amide bonds. The number of hydrogen-bond acceptors (Lipinski definition) is 3. The lowest BCUT2D eigenvalue weighted by molar-refractivity contribution is -0.108. The van der Waals surface area contributed by atoms with Gasteiger partial charge >= 0.3 is 0 Å². The van der Waals surface area contributed by atoms with Gasteiger partial charge in [-0.3, -0.25) is 0 Å². The van der Waals surface area contributed by atoms with Crippen molar-refractivity contribution in [2.45, 2.75) is 12.5 Å². The first-order chi connectivity index (χ1) is 6.81. The van der Waals surface area contributed by atoms with Gasteiger partial charge in [0, 0.05) is 11.3 Å². The van der Waals surface area contributed by atoms with Gasteiger partial charge < -0.3 is 10.5 Å². The molecule has 3 heteroatoms. The van der Waals surface area contributed by atoms with Gasteiger partial charge in [-0.15, -0.1) is 11.3 Å². The van der Waals surface area contributed by atoms with Crippen molar-refractivity contribution in [2.75, 3.05) is 0 Å². The summed E-state index contributed by atoms with van der Waals surface area (Å²) in [5, 5.41) is 4.54. The number of carbonyl (C=O) groups excluding carboxylic acids is 1. The first kappa shape index (κ1) is 9.37. The van der Waals surface area contributed by atoms with Gasteiger partial charge in [0.25, 0.3) is 0 Å². The van der Waals surface area contributed by atoms with Crippen LogP contribution in [0.1, 0.15) is 4.88 Å². The molecule has 1 aromatic heterocycles. The monoisotopic (exact) mass is 205 g/mol. The van der Waals surface area contributed by atoms with Crippen molar-refractivity contribution in [3.8, 4) is 0 Å². The smallest absolute Gasteiger partial charge is 0.137 e. The predicted octanol–water partition coefficient (Wildman–Crippen LogP) is 1.97. The largest absolute Gasteiger partial charge is 0.321 e. The third-order valence-corrected chi connectivity index (χ3v) is 3.23. The molecule has 0 spiro atoms. The maximum absolute atomic E-state index is 10.4. The molecule has 1 aromatic carbocycles. The van der Waals surface area contributed by atoms with E-state index in [2.05, 4.69) is 17.5 Å². The molecule has 0 fully saturated rings. The molecular formula is C11H11NOS. The number of hydrogen-bond donors (Lipinski definition) is 1. The number of nitrogens with two attached hydrogens (primary N) is 1. The Hall–Kier alpha value is -1.19.